The van der Waals surface area contributed by atoms with Crippen molar-refractivity contribution in [1.29, 1.82) is 0 Å². The van der Waals surface area contributed by atoms with E-state index in [2.05, 4.69) is 12.2 Å². The highest BCUT2D eigenvalue weighted by atomic mass is 35.5. The van der Waals surface area contributed by atoms with Gasteiger partial charge >= 0.3 is 0 Å². The number of unbranched alkanes of at least 4 members (excludes halogenated alkanes) is 1. The molecular weight excluding hydrogens is 352 g/mol. The third-order valence-electron chi connectivity index (χ3n) is 5.09. The van der Waals surface area contributed by atoms with Crippen LogP contribution < -0.4 is 10.1 Å². The van der Waals surface area contributed by atoms with Crippen molar-refractivity contribution in [3.8, 4) is 5.75 Å². The lowest BCUT2D eigenvalue weighted by atomic mass is 9.81. The number of halogens is 1. The molecular formula is C20H29ClN2O3. The molecule has 0 bridgehead atoms. The lowest BCUT2D eigenvalue weighted by Crippen LogP contribution is -2.37. The smallest absolute Gasteiger partial charge is 0.227 e. The van der Waals surface area contributed by atoms with E-state index < -0.39 is 0 Å². The molecule has 1 aliphatic carbocycles. The predicted molar refractivity (Wildman–Crippen MR) is 105 cm³/mol. The number of anilines is 1. The molecule has 144 valence electrons. The average molecular weight is 381 g/mol. The number of carbonyl (C=O) groups is 2. The molecule has 1 aliphatic rings. The number of carbonyl (C=O) groups excluding carboxylic acids is 2. The highest BCUT2D eigenvalue weighted by Gasteiger charge is 2.31. The van der Waals surface area contributed by atoms with E-state index in [4.69, 9.17) is 16.3 Å². The maximum absolute atomic E-state index is 12.6. The normalized spacial score (nSPS) is 19.7. The molecule has 0 aliphatic heterocycles. The first-order chi connectivity index (χ1) is 12.5. The molecule has 0 aromatic heterocycles. The van der Waals surface area contributed by atoms with Crippen LogP contribution in [0.2, 0.25) is 5.02 Å². The van der Waals surface area contributed by atoms with Crippen molar-refractivity contribution < 1.29 is 14.3 Å². The van der Waals surface area contributed by atoms with Gasteiger partial charge in [0.25, 0.3) is 0 Å². The molecule has 0 radical (unpaired) electrons. The van der Waals surface area contributed by atoms with Crippen LogP contribution in [0, 0.1) is 11.8 Å². The van der Waals surface area contributed by atoms with E-state index in [9.17, 15) is 9.59 Å². The van der Waals surface area contributed by atoms with Gasteiger partial charge in [-0.2, -0.15) is 0 Å². The molecule has 0 saturated heterocycles. The lowest BCUT2D eigenvalue weighted by Gasteiger charge is -2.30. The van der Waals surface area contributed by atoms with Crippen molar-refractivity contribution in [3.05, 3.63) is 23.2 Å². The summed E-state index contributed by atoms with van der Waals surface area (Å²) < 4.78 is 5.27. The summed E-state index contributed by atoms with van der Waals surface area (Å²) in [5.41, 5.74) is 0.586. The SMILES string of the molecule is CCCCN(C)C(=O)C1CCC(C(=O)Nc2cc(Cl)ccc2OC)CC1. The number of amides is 2. The van der Waals surface area contributed by atoms with Gasteiger partial charge in [0, 0.05) is 30.5 Å². The van der Waals surface area contributed by atoms with Crippen LogP contribution >= 0.6 is 11.6 Å². The van der Waals surface area contributed by atoms with E-state index in [1.807, 2.05) is 11.9 Å². The lowest BCUT2D eigenvalue weighted by molar-refractivity contribution is -0.136. The standard InChI is InChI=1S/C20H29ClN2O3/c1-4-5-12-23(2)20(25)15-8-6-14(7-9-15)19(24)22-17-13-16(21)10-11-18(17)26-3/h10-11,13-15H,4-9,12H2,1-3H3,(H,22,24). The molecule has 0 spiro atoms. The summed E-state index contributed by atoms with van der Waals surface area (Å²) in [4.78, 5) is 26.9. The summed E-state index contributed by atoms with van der Waals surface area (Å²) in [6.07, 6.45) is 5.10. The number of benzene rings is 1. The number of rotatable bonds is 7. The summed E-state index contributed by atoms with van der Waals surface area (Å²) in [5, 5.41) is 3.47. The monoisotopic (exact) mass is 380 g/mol. The van der Waals surface area contributed by atoms with Gasteiger partial charge in [0.2, 0.25) is 11.8 Å². The molecule has 0 atom stereocenters. The Morgan fingerprint density at radius 3 is 2.50 bits per heavy atom. The first kappa shape index (κ1) is 20.6. The number of hydrogen-bond acceptors (Lipinski definition) is 3. The molecule has 2 rings (SSSR count). The molecule has 5 nitrogen and oxygen atoms in total. The molecule has 1 aromatic carbocycles. The highest BCUT2D eigenvalue weighted by Crippen LogP contribution is 2.33. The number of methoxy groups -OCH3 is 1. The van der Waals surface area contributed by atoms with E-state index in [1.54, 1.807) is 25.3 Å². The molecule has 26 heavy (non-hydrogen) atoms. The molecule has 0 heterocycles. The van der Waals surface area contributed by atoms with Gasteiger partial charge in [-0.1, -0.05) is 24.9 Å². The molecule has 1 N–H and O–H groups in total. The number of nitrogens with zero attached hydrogens (tertiary/aromatic N) is 1. The minimum absolute atomic E-state index is 0.0317. The maximum Gasteiger partial charge on any atom is 0.227 e. The summed E-state index contributed by atoms with van der Waals surface area (Å²) >= 11 is 6.01. The van der Waals surface area contributed by atoms with Crippen LogP contribution in [0.15, 0.2) is 18.2 Å². The van der Waals surface area contributed by atoms with Crippen molar-refractivity contribution in [2.24, 2.45) is 11.8 Å². The zero-order chi connectivity index (χ0) is 19.1. The van der Waals surface area contributed by atoms with Crippen molar-refractivity contribution in [2.45, 2.75) is 45.4 Å². The van der Waals surface area contributed by atoms with Gasteiger partial charge in [0.1, 0.15) is 5.75 Å². The molecule has 1 aromatic rings. The Bertz CT molecular complexity index is 627. The Hall–Kier alpha value is -1.75. The predicted octanol–water partition coefficient (Wildman–Crippen LogP) is 4.35. The second-order valence-electron chi connectivity index (χ2n) is 7.00. The first-order valence-electron chi connectivity index (χ1n) is 9.35. The van der Waals surface area contributed by atoms with E-state index in [0.29, 0.717) is 16.5 Å². The van der Waals surface area contributed by atoms with Crippen molar-refractivity contribution in [3.63, 3.8) is 0 Å². The van der Waals surface area contributed by atoms with Crippen LogP contribution in [-0.4, -0.2) is 37.4 Å². The zero-order valence-corrected chi connectivity index (χ0v) is 16.6. The van der Waals surface area contributed by atoms with E-state index in [-0.39, 0.29) is 23.7 Å². The van der Waals surface area contributed by atoms with Gasteiger partial charge in [-0.3, -0.25) is 9.59 Å². The van der Waals surface area contributed by atoms with Crippen molar-refractivity contribution in [1.82, 2.24) is 4.90 Å². The minimum Gasteiger partial charge on any atom is -0.495 e. The third-order valence-corrected chi connectivity index (χ3v) is 5.33. The quantitative estimate of drug-likeness (QED) is 0.764. The first-order valence-corrected chi connectivity index (χ1v) is 9.73. The van der Waals surface area contributed by atoms with Gasteiger partial charge in [0.15, 0.2) is 0 Å². The average Bonchev–Trinajstić information content (AvgIpc) is 2.65. The van der Waals surface area contributed by atoms with E-state index >= 15 is 0 Å². The molecule has 2 amide bonds. The number of hydrogen-bond donors (Lipinski definition) is 1. The Kier molecular flexibility index (Phi) is 7.76. The summed E-state index contributed by atoms with van der Waals surface area (Å²) in [6.45, 7) is 2.93. The van der Waals surface area contributed by atoms with Crippen LogP contribution in [-0.2, 0) is 9.59 Å². The fourth-order valence-corrected chi connectivity index (χ4v) is 3.60. The Balaban J connectivity index is 1.88. The van der Waals surface area contributed by atoms with Gasteiger partial charge in [-0.05, 0) is 50.3 Å². The number of ether oxygens (including phenoxy) is 1. The van der Waals surface area contributed by atoms with E-state index in [1.165, 1.54) is 0 Å². The number of nitrogens with one attached hydrogen (secondary N) is 1. The van der Waals surface area contributed by atoms with Crippen LogP contribution in [0.3, 0.4) is 0 Å². The molecule has 1 saturated carbocycles. The summed E-state index contributed by atoms with van der Waals surface area (Å²) in [5.74, 6) is 0.735. The van der Waals surface area contributed by atoms with Gasteiger partial charge in [0.05, 0.1) is 12.8 Å². The van der Waals surface area contributed by atoms with Crippen LogP contribution in [0.5, 0.6) is 5.75 Å². The fourth-order valence-electron chi connectivity index (χ4n) is 3.43. The molecule has 1 fully saturated rings. The van der Waals surface area contributed by atoms with Crippen LogP contribution in [0.25, 0.3) is 0 Å². The van der Waals surface area contributed by atoms with E-state index in [0.717, 1.165) is 45.1 Å². The van der Waals surface area contributed by atoms with Gasteiger partial charge in [-0.25, -0.2) is 0 Å². The summed E-state index contributed by atoms with van der Waals surface area (Å²) in [6, 6.07) is 5.15. The minimum atomic E-state index is -0.0799. The highest BCUT2D eigenvalue weighted by molar-refractivity contribution is 6.31. The molecule has 0 unspecified atom stereocenters. The topological polar surface area (TPSA) is 58.6 Å². The van der Waals surface area contributed by atoms with Crippen LogP contribution in [0.4, 0.5) is 5.69 Å². The summed E-state index contributed by atoms with van der Waals surface area (Å²) in [7, 11) is 3.44. The molecule has 6 heteroatoms. The fraction of sp³-hybridized carbons (Fsp3) is 0.600. The Labute approximate surface area is 161 Å². The van der Waals surface area contributed by atoms with Crippen LogP contribution in [0.1, 0.15) is 45.4 Å². The second kappa shape index (κ2) is 9.81. The van der Waals surface area contributed by atoms with Gasteiger partial charge < -0.3 is 15.0 Å². The zero-order valence-electron chi connectivity index (χ0n) is 15.9. The van der Waals surface area contributed by atoms with Gasteiger partial charge in [-0.15, -0.1) is 0 Å². The third kappa shape index (κ3) is 5.37. The van der Waals surface area contributed by atoms with Crippen molar-refractivity contribution in [2.75, 3.05) is 26.0 Å². The van der Waals surface area contributed by atoms with Crippen molar-refractivity contribution >= 4 is 29.1 Å². The Morgan fingerprint density at radius 2 is 1.88 bits per heavy atom. The Morgan fingerprint density at radius 1 is 1.23 bits per heavy atom. The second-order valence-corrected chi connectivity index (χ2v) is 7.43. The maximum atomic E-state index is 12.6. The largest absolute Gasteiger partial charge is 0.495 e.